The molecule has 0 aliphatic heterocycles. The van der Waals surface area contributed by atoms with Gasteiger partial charge in [-0.25, -0.2) is 9.97 Å². The highest BCUT2D eigenvalue weighted by atomic mass is 16.2. The first-order valence-corrected chi connectivity index (χ1v) is 9.33. The van der Waals surface area contributed by atoms with Crippen LogP contribution in [0.15, 0.2) is 67.0 Å². The van der Waals surface area contributed by atoms with Crippen LogP contribution < -0.4 is 5.32 Å². The van der Waals surface area contributed by atoms with E-state index in [-0.39, 0.29) is 17.8 Å². The standard InChI is InChI=1S/C22H18N6O/c1-13(14-5-3-2-4-6-14)24-22(29)21-25-18-11-16-17(12-19(18)26-21)27-28-20(16)15-7-9-23-10-8-15/h2-13,27-28H,1H3,(H,24,29)/t13-/m0/s1. The molecule has 0 radical (unpaired) electrons. The number of carbonyl (C=O) groups excluding carboxylic acids is 1. The van der Waals surface area contributed by atoms with Crippen LogP contribution in [0.25, 0.3) is 33.2 Å². The van der Waals surface area contributed by atoms with Gasteiger partial charge in [0.05, 0.1) is 28.3 Å². The van der Waals surface area contributed by atoms with Gasteiger partial charge in [0, 0.05) is 23.3 Å². The molecule has 7 nitrogen and oxygen atoms in total. The molecule has 0 unspecified atom stereocenters. The first-order valence-electron chi connectivity index (χ1n) is 9.33. The van der Waals surface area contributed by atoms with Crippen molar-refractivity contribution in [2.24, 2.45) is 0 Å². The second-order valence-electron chi connectivity index (χ2n) is 6.90. The van der Waals surface area contributed by atoms with Crippen LogP contribution in [0, 0.1) is 0 Å². The number of hydrogen-bond acceptors (Lipinski definition) is 4. The SMILES string of the molecule is C[C@H](NC(=O)c1nc2cc3[nH][nH]c(-c4ccncc4)c3cc2n1)c1ccccc1. The summed E-state index contributed by atoms with van der Waals surface area (Å²) in [5.74, 6) is -0.119. The molecule has 3 N–H and O–H groups in total. The van der Waals surface area contributed by atoms with Crippen molar-refractivity contribution in [2.45, 2.75) is 13.0 Å². The molecule has 5 rings (SSSR count). The van der Waals surface area contributed by atoms with Crippen LogP contribution in [-0.4, -0.2) is 31.1 Å². The van der Waals surface area contributed by atoms with Gasteiger partial charge in [0.15, 0.2) is 0 Å². The number of benzene rings is 2. The third kappa shape index (κ3) is 3.12. The molecule has 0 aliphatic rings. The largest absolute Gasteiger partial charge is 0.343 e. The van der Waals surface area contributed by atoms with Crippen molar-refractivity contribution in [2.75, 3.05) is 0 Å². The van der Waals surface area contributed by atoms with Gasteiger partial charge in [-0.2, -0.15) is 0 Å². The predicted octanol–water partition coefficient (Wildman–Crippen LogP) is 3.99. The fourth-order valence-corrected chi connectivity index (χ4v) is 3.45. The van der Waals surface area contributed by atoms with Gasteiger partial charge >= 0.3 is 0 Å². The number of imidazole rings is 1. The lowest BCUT2D eigenvalue weighted by Crippen LogP contribution is -2.27. The Labute approximate surface area is 166 Å². The van der Waals surface area contributed by atoms with E-state index in [9.17, 15) is 4.79 Å². The number of hydrogen-bond donors (Lipinski definition) is 3. The van der Waals surface area contributed by atoms with Crippen LogP contribution in [-0.2, 0) is 0 Å². The lowest BCUT2D eigenvalue weighted by atomic mass is 10.1. The van der Waals surface area contributed by atoms with Gasteiger partial charge in [-0.3, -0.25) is 14.9 Å². The van der Waals surface area contributed by atoms with Crippen molar-refractivity contribution in [1.82, 2.24) is 30.5 Å². The minimum Gasteiger partial charge on any atom is -0.343 e. The van der Waals surface area contributed by atoms with E-state index in [0.29, 0.717) is 11.0 Å². The third-order valence-electron chi connectivity index (χ3n) is 4.98. The van der Waals surface area contributed by atoms with E-state index in [1.54, 1.807) is 12.4 Å². The molecule has 0 fully saturated rings. The Balaban J connectivity index is 1.48. The highest BCUT2D eigenvalue weighted by molar-refractivity contribution is 6.02. The van der Waals surface area contributed by atoms with Crippen LogP contribution in [0.4, 0.5) is 0 Å². The fourth-order valence-electron chi connectivity index (χ4n) is 3.45. The number of pyridine rings is 1. The molecule has 0 bridgehead atoms. The average molecular weight is 382 g/mol. The summed E-state index contributed by atoms with van der Waals surface area (Å²) in [7, 11) is 0. The van der Waals surface area contributed by atoms with Crippen LogP contribution in [0.2, 0.25) is 0 Å². The normalized spacial score (nSPS) is 12.3. The predicted molar refractivity (Wildman–Crippen MR) is 111 cm³/mol. The minimum atomic E-state index is -0.290. The molecular formula is C22H18N6O. The van der Waals surface area contributed by atoms with E-state index in [2.05, 4.69) is 30.5 Å². The maximum absolute atomic E-state index is 12.7. The van der Waals surface area contributed by atoms with Crippen molar-refractivity contribution >= 4 is 27.8 Å². The molecule has 3 aromatic heterocycles. The summed E-state index contributed by atoms with van der Waals surface area (Å²) in [6.07, 6.45) is 3.50. The van der Waals surface area contributed by atoms with Crippen LogP contribution in [0.3, 0.4) is 0 Å². The summed E-state index contributed by atoms with van der Waals surface area (Å²) >= 11 is 0. The van der Waals surface area contributed by atoms with E-state index in [1.165, 1.54) is 0 Å². The highest BCUT2D eigenvalue weighted by Crippen LogP contribution is 2.28. The Bertz CT molecular complexity index is 1310. The Morgan fingerprint density at radius 2 is 1.69 bits per heavy atom. The van der Waals surface area contributed by atoms with Gasteiger partial charge < -0.3 is 10.4 Å². The first kappa shape index (κ1) is 17.1. The smallest absolute Gasteiger partial charge is 0.289 e. The topological polar surface area (TPSA) is 99.3 Å². The first-order chi connectivity index (χ1) is 14.2. The Hall–Kier alpha value is -4.00. The zero-order chi connectivity index (χ0) is 19.8. The van der Waals surface area contributed by atoms with Crippen molar-refractivity contribution in [3.63, 3.8) is 0 Å². The second kappa shape index (κ2) is 6.87. The molecule has 142 valence electrons. The van der Waals surface area contributed by atoms with Crippen LogP contribution >= 0.6 is 0 Å². The Kier molecular flexibility index (Phi) is 4.05. The second-order valence-corrected chi connectivity index (χ2v) is 6.90. The zero-order valence-electron chi connectivity index (χ0n) is 15.7. The molecule has 0 aliphatic carbocycles. The molecule has 0 saturated heterocycles. The van der Waals surface area contributed by atoms with Crippen molar-refractivity contribution in [3.8, 4) is 11.3 Å². The Morgan fingerprint density at radius 3 is 2.45 bits per heavy atom. The molecule has 0 saturated carbocycles. The highest BCUT2D eigenvalue weighted by Gasteiger charge is 2.17. The number of carbonyl (C=O) groups is 1. The van der Waals surface area contributed by atoms with Crippen LogP contribution in [0.1, 0.15) is 29.1 Å². The zero-order valence-corrected chi connectivity index (χ0v) is 15.7. The van der Waals surface area contributed by atoms with Gasteiger partial charge in [-0.1, -0.05) is 30.3 Å². The van der Waals surface area contributed by atoms with Gasteiger partial charge in [0.1, 0.15) is 0 Å². The lowest BCUT2D eigenvalue weighted by molar-refractivity contribution is 0.0930. The molecule has 2 aromatic carbocycles. The number of aromatic amines is 2. The summed E-state index contributed by atoms with van der Waals surface area (Å²) in [6, 6.07) is 17.4. The number of rotatable bonds is 4. The molecule has 7 heteroatoms. The molecule has 1 atom stereocenters. The summed E-state index contributed by atoms with van der Waals surface area (Å²) in [4.78, 5) is 25.6. The van der Waals surface area contributed by atoms with E-state index in [4.69, 9.17) is 0 Å². The summed E-state index contributed by atoms with van der Waals surface area (Å²) in [5.41, 5.74) is 5.23. The monoisotopic (exact) mass is 382 g/mol. The molecule has 1 amide bonds. The Morgan fingerprint density at radius 1 is 0.966 bits per heavy atom. The van der Waals surface area contributed by atoms with E-state index in [0.717, 1.165) is 27.7 Å². The lowest BCUT2D eigenvalue weighted by Gasteiger charge is -2.12. The minimum absolute atomic E-state index is 0.132. The third-order valence-corrected chi connectivity index (χ3v) is 4.98. The average Bonchev–Trinajstić information content (AvgIpc) is 3.36. The summed E-state index contributed by atoms with van der Waals surface area (Å²) in [5, 5.41) is 10.3. The van der Waals surface area contributed by atoms with Crippen LogP contribution in [0.5, 0.6) is 0 Å². The number of fused-ring (bicyclic) bond motifs is 2. The molecule has 5 aromatic rings. The van der Waals surface area contributed by atoms with Crippen molar-refractivity contribution in [3.05, 3.63) is 78.4 Å². The van der Waals surface area contributed by atoms with Gasteiger partial charge in [-0.15, -0.1) is 0 Å². The maximum atomic E-state index is 12.7. The summed E-state index contributed by atoms with van der Waals surface area (Å²) in [6.45, 7) is 1.94. The maximum Gasteiger partial charge on any atom is 0.289 e. The molecule has 29 heavy (non-hydrogen) atoms. The molecule has 3 heterocycles. The number of H-pyrrole nitrogens is 2. The van der Waals surface area contributed by atoms with E-state index < -0.39 is 0 Å². The summed E-state index contributed by atoms with van der Waals surface area (Å²) < 4.78 is 0. The van der Waals surface area contributed by atoms with E-state index >= 15 is 0 Å². The van der Waals surface area contributed by atoms with Crippen molar-refractivity contribution < 1.29 is 4.79 Å². The van der Waals surface area contributed by atoms with Gasteiger partial charge in [-0.05, 0) is 36.8 Å². The molecular weight excluding hydrogens is 364 g/mol. The number of nitrogens with one attached hydrogen (secondary N) is 3. The van der Waals surface area contributed by atoms with Gasteiger partial charge in [0.2, 0.25) is 5.82 Å². The quantitative estimate of drug-likeness (QED) is 0.437. The van der Waals surface area contributed by atoms with Crippen molar-refractivity contribution in [1.29, 1.82) is 0 Å². The fraction of sp³-hybridized carbons (Fsp3) is 0.0909. The number of amides is 1. The number of aromatic nitrogens is 5. The van der Waals surface area contributed by atoms with Gasteiger partial charge in [0.25, 0.3) is 5.91 Å². The van der Waals surface area contributed by atoms with E-state index in [1.807, 2.05) is 61.5 Å². The molecule has 0 spiro atoms. The number of nitrogens with zero attached hydrogens (tertiary/aromatic N) is 3.